The molecule has 1 unspecified atom stereocenters. The number of halogens is 3. The standard InChI is InChI=1S/C5H8F2IN/c6-5(7)4-1-2-9(8)3-4/h4-5H,1-3H2. The number of alkyl halides is 2. The van der Waals surface area contributed by atoms with Crippen LogP contribution in [0.4, 0.5) is 8.78 Å². The third-order valence-electron chi connectivity index (χ3n) is 1.53. The average Bonchev–Trinajstić information content (AvgIpc) is 2.14. The van der Waals surface area contributed by atoms with E-state index in [-0.39, 0.29) is 5.92 Å². The van der Waals surface area contributed by atoms with Crippen LogP contribution in [-0.2, 0) is 0 Å². The van der Waals surface area contributed by atoms with Crippen molar-refractivity contribution in [3.05, 3.63) is 0 Å². The summed E-state index contributed by atoms with van der Waals surface area (Å²) in [6, 6.07) is 0. The van der Waals surface area contributed by atoms with Gasteiger partial charge in [-0.3, -0.25) is 0 Å². The van der Waals surface area contributed by atoms with Gasteiger partial charge in [-0.25, -0.2) is 11.9 Å². The number of rotatable bonds is 1. The lowest BCUT2D eigenvalue weighted by Crippen LogP contribution is -2.13. The van der Waals surface area contributed by atoms with E-state index in [0.717, 1.165) is 6.54 Å². The second-order valence-electron chi connectivity index (χ2n) is 2.25. The van der Waals surface area contributed by atoms with Crippen LogP contribution in [0.15, 0.2) is 0 Å². The van der Waals surface area contributed by atoms with Gasteiger partial charge in [0.05, 0.1) is 0 Å². The molecule has 1 saturated heterocycles. The van der Waals surface area contributed by atoms with Crippen molar-refractivity contribution < 1.29 is 8.78 Å². The molecule has 0 amide bonds. The molecule has 1 fully saturated rings. The molecule has 1 aliphatic heterocycles. The predicted molar refractivity (Wildman–Crippen MR) is 39.7 cm³/mol. The molecule has 1 atom stereocenters. The van der Waals surface area contributed by atoms with Crippen LogP contribution in [0.25, 0.3) is 0 Å². The lowest BCUT2D eigenvalue weighted by atomic mass is 10.1. The first kappa shape index (κ1) is 7.65. The highest BCUT2D eigenvalue weighted by Gasteiger charge is 2.27. The van der Waals surface area contributed by atoms with Crippen molar-refractivity contribution in [1.82, 2.24) is 3.11 Å². The first-order valence-corrected chi connectivity index (χ1v) is 3.85. The van der Waals surface area contributed by atoms with E-state index >= 15 is 0 Å². The summed E-state index contributed by atoms with van der Waals surface area (Å²) < 4.78 is 25.7. The molecule has 1 heterocycles. The van der Waals surface area contributed by atoms with Gasteiger partial charge in [-0.05, 0) is 6.42 Å². The molecule has 0 aromatic heterocycles. The fourth-order valence-electron chi connectivity index (χ4n) is 0.949. The van der Waals surface area contributed by atoms with Gasteiger partial charge in [-0.15, -0.1) is 0 Å². The topological polar surface area (TPSA) is 3.24 Å². The molecule has 1 rings (SSSR count). The molecule has 0 aromatic rings. The second kappa shape index (κ2) is 3.09. The number of hydrogen-bond acceptors (Lipinski definition) is 1. The minimum absolute atomic E-state index is 0.373. The zero-order chi connectivity index (χ0) is 6.85. The largest absolute Gasteiger partial charge is 0.247 e. The summed E-state index contributed by atoms with van der Waals surface area (Å²) in [4.78, 5) is 0. The molecule has 0 aliphatic carbocycles. The summed E-state index contributed by atoms with van der Waals surface area (Å²) in [6.45, 7) is 1.37. The van der Waals surface area contributed by atoms with Gasteiger partial charge in [0.25, 0.3) is 0 Å². The van der Waals surface area contributed by atoms with Crippen molar-refractivity contribution in [3.63, 3.8) is 0 Å². The molecular formula is C5H8F2IN. The molecule has 0 N–H and O–H groups in total. The van der Waals surface area contributed by atoms with Crippen molar-refractivity contribution >= 4 is 22.9 Å². The molecule has 54 valence electrons. The Morgan fingerprint density at radius 1 is 1.56 bits per heavy atom. The minimum Gasteiger partial charge on any atom is -0.247 e. The highest BCUT2D eigenvalue weighted by atomic mass is 127. The van der Waals surface area contributed by atoms with Crippen LogP contribution < -0.4 is 0 Å². The Morgan fingerprint density at radius 3 is 2.44 bits per heavy atom. The van der Waals surface area contributed by atoms with E-state index in [0.29, 0.717) is 13.0 Å². The molecule has 1 nitrogen and oxygen atoms in total. The van der Waals surface area contributed by atoms with Crippen molar-refractivity contribution in [3.8, 4) is 0 Å². The summed E-state index contributed by atoms with van der Waals surface area (Å²) in [5, 5.41) is 0. The van der Waals surface area contributed by atoms with E-state index in [1.807, 2.05) is 3.11 Å². The third-order valence-corrected chi connectivity index (χ3v) is 2.41. The molecule has 4 heteroatoms. The quantitative estimate of drug-likeness (QED) is 0.505. The molecule has 0 radical (unpaired) electrons. The number of nitrogens with zero attached hydrogens (tertiary/aromatic N) is 1. The third kappa shape index (κ3) is 2.00. The van der Waals surface area contributed by atoms with E-state index in [1.54, 1.807) is 0 Å². The average molecular weight is 247 g/mol. The molecule has 9 heavy (non-hydrogen) atoms. The van der Waals surface area contributed by atoms with Crippen LogP contribution in [0, 0.1) is 5.92 Å². The Morgan fingerprint density at radius 2 is 2.22 bits per heavy atom. The molecular weight excluding hydrogens is 239 g/mol. The maximum absolute atomic E-state index is 11.9. The van der Waals surface area contributed by atoms with E-state index in [9.17, 15) is 8.78 Å². The van der Waals surface area contributed by atoms with Gasteiger partial charge in [0.15, 0.2) is 0 Å². The van der Waals surface area contributed by atoms with Crippen LogP contribution in [0.5, 0.6) is 0 Å². The van der Waals surface area contributed by atoms with Crippen molar-refractivity contribution in [1.29, 1.82) is 0 Å². The van der Waals surface area contributed by atoms with Crippen LogP contribution in [0.2, 0.25) is 0 Å². The second-order valence-corrected chi connectivity index (χ2v) is 3.62. The highest BCUT2D eigenvalue weighted by molar-refractivity contribution is 14.1. The normalized spacial score (nSPS) is 30.0. The summed E-state index contributed by atoms with van der Waals surface area (Å²) >= 11 is 2.08. The Bertz CT molecular complexity index is 99.0. The SMILES string of the molecule is FC(F)C1CCN(I)C1. The smallest absolute Gasteiger partial charge is 0.242 e. The van der Waals surface area contributed by atoms with Gasteiger partial charge in [0.1, 0.15) is 0 Å². The Hall–Kier alpha value is 0.550. The summed E-state index contributed by atoms with van der Waals surface area (Å²) in [5.74, 6) is -0.373. The van der Waals surface area contributed by atoms with Gasteiger partial charge in [-0.1, -0.05) is 0 Å². The van der Waals surface area contributed by atoms with Crippen molar-refractivity contribution in [2.75, 3.05) is 13.1 Å². The van der Waals surface area contributed by atoms with Crippen LogP contribution in [-0.4, -0.2) is 22.6 Å². The Balaban J connectivity index is 2.30. The first-order chi connectivity index (χ1) is 4.20. The molecule has 0 bridgehead atoms. The van der Waals surface area contributed by atoms with Crippen LogP contribution in [0.3, 0.4) is 0 Å². The maximum Gasteiger partial charge on any atom is 0.242 e. The van der Waals surface area contributed by atoms with Gasteiger partial charge >= 0.3 is 0 Å². The number of hydrogen-bond donors (Lipinski definition) is 0. The Labute approximate surface area is 66.9 Å². The zero-order valence-corrected chi connectivity index (χ0v) is 7.01. The molecule has 1 aliphatic rings. The van der Waals surface area contributed by atoms with Gasteiger partial charge in [0.2, 0.25) is 6.43 Å². The van der Waals surface area contributed by atoms with Crippen molar-refractivity contribution in [2.45, 2.75) is 12.8 Å². The van der Waals surface area contributed by atoms with Gasteiger partial charge < -0.3 is 0 Å². The van der Waals surface area contributed by atoms with E-state index in [1.165, 1.54) is 0 Å². The summed E-state index contributed by atoms with van der Waals surface area (Å²) in [5.41, 5.74) is 0. The lowest BCUT2D eigenvalue weighted by Gasteiger charge is -2.05. The fraction of sp³-hybridized carbons (Fsp3) is 1.00. The zero-order valence-electron chi connectivity index (χ0n) is 4.86. The van der Waals surface area contributed by atoms with E-state index < -0.39 is 6.43 Å². The van der Waals surface area contributed by atoms with Crippen LogP contribution in [0.1, 0.15) is 6.42 Å². The monoisotopic (exact) mass is 247 g/mol. The molecule has 0 saturated carbocycles. The Kier molecular flexibility index (Phi) is 2.63. The van der Waals surface area contributed by atoms with E-state index in [4.69, 9.17) is 0 Å². The molecule has 0 spiro atoms. The predicted octanol–water partition coefficient (Wildman–Crippen LogP) is 1.92. The molecule has 0 aromatic carbocycles. The lowest BCUT2D eigenvalue weighted by molar-refractivity contribution is 0.0854. The summed E-state index contributed by atoms with van der Waals surface area (Å²) in [7, 11) is 0. The van der Waals surface area contributed by atoms with E-state index in [2.05, 4.69) is 22.9 Å². The first-order valence-electron chi connectivity index (χ1n) is 2.89. The highest BCUT2D eigenvalue weighted by Crippen LogP contribution is 2.24. The fourth-order valence-corrected chi connectivity index (χ4v) is 1.73. The van der Waals surface area contributed by atoms with Crippen molar-refractivity contribution in [2.24, 2.45) is 5.92 Å². The van der Waals surface area contributed by atoms with Crippen LogP contribution >= 0.6 is 22.9 Å². The van der Waals surface area contributed by atoms with Gasteiger partial charge in [0, 0.05) is 41.9 Å². The summed E-state index contributed by atoms with van der Waals surface area (Å²) in [6.07, 6.45) is -1.47. The maximum atomic E-state index is 11.9. The van der Waals surface area contributed by atoms with Gasteiger partial charge in [-0.2, -0.15) is 0 Å². The minimum atomic E-state index is -2.12.